The van der Waals surface area contributed by atoms with E-state index in [1.165, 1.54) is 57.8 Å². The summed E-state index contributed by atoms with van der Waals surface area (Å²) in [5, 5.41) is 0. The molecule has 2 saturated carbocycles. The van der Waals surface area contributed by atoms with E-state index < -0.39 is 0 Å². The highest BCUT2D eigenvalue weighted by molar-refractivity contribution is 5.24. The van der Waals surface area contributed by atoms with Crippen LogP contribution in [0.1, 0.15) is 91.9 Å². The van der Waals surface area contributed by atoms with E-state index in [4.69, 9.17) is 0 Å². The average Bonchev–Trinajstić information content (AvgIpc) is 2.88. The third kappa shape index (κ3) is 2.59. The summed E-state index contributed by atoms with van der Waals surface area (Å²) < 4.78 is 0. The summed E-state index contributed by atoms with van der Waals surface area (Å²) >= 11 is 0. The SMILES string of the molecule is CCCCC1CCC2C(CCC3(C)C(CC)=CCC23)C1CC. The summed E-state index contributed by atoms with van der Waals surface area (Å²) in [6.07, 6.45) is 17.2. The van der Waals surface area contributed by atoms with E-state index >= 15 is 0 Å². The fourth-order valence-electron chi connectivity index (χ4n) is 6.90. The van der Waals surface area contributed by atoms with Gasteiger partial charge >= 0.3 is 0 Å². The summed E-state index contributed by atoms with van der Waals surface area (Å²) in [6.45, 7) is 9.82. The molecule has 3 rings (SSSR count). The summed E-state index contributed by atoms with van der Waals surface area (Å²) in [4.78, 5) is 0. The van der Waals surface area contributed by atoms with Crippen LogP contribution in [0.4, 0.5) is 0 Å². The third-order valence-electron chi connectivity index (χ3n) is 8.04. The van der Waals surface area contributed by atoms with Gasteiger partial charge in [-0.2, -0.15) is 0 Å². The molecule has 0 aliphatic heterocycles. The van der Waals surface area contributed by atoms with E-state index in [9.17, 15) is 0 Å². The van der Waals surface area contributed by atoms with Crippen LogP contribution in [0.3, 0.4) is 0 Å². The highest BCUT2D eigenvalue weighted by atomic mass is 14.6. The first-order valence-electron chi connectivity index (χ1n) is 10.3. The third-order valence-corrected chi connectivity index (χ3v) is 8.04. The van der Waals surface area contributed by atoms with Crippen LogP contribution < -0.4 is 0 Å². The predicted octanol–water partition coefficient (Wildman–Crippen LogP) is 7.00. The van der Waals surface area contributed by atoms with Crippen LogP contribution in [-0.4, -0.2) is 0 Å². The first-order chi connectivity index (χ1) is 10.7. The summed E-state index contributed by atoms with van der Waals surface area (Å²) in [6, 6.07) is 0. The monoisotopic (exact) mass is 302 g/mol. The molecular formula is C22H38. The standard InChI is InChI=1S/C22H38/c1-5-8-9-16-10-12-20-19(18(16)7-3)14-15-22(4)17(6-2)11-13-21(20)22/h11,16,18-21H,5-10,12-15H2,1-4H3. The van der Waals surface area contributed by atoms with Crippen molar-refractivity contribution >= 4 is 0 Å². The number of hydrogen-bond donors (Lipinski definition) is 0. The van der Waals surface area contributed by atoms with E-state index in [1.807, 2.05) is 0 Å². The Labute approximate surface area is 139 Å². The molecule has 22 heavy (non-hydrogen) atoms. The maximum absolute atomic E-state index is 2.64. The largest absolute Gasteiger partial charge is 0.0845 e. The van der Waals surface area contributed by atoms with Crippen LogP contribution >= 0.6 is 0 Å². The molecule has 6 unspecified atom stereocenters. The average molecular weight is 303 g/mol. The molecular weight excluding hydrogens is 264 g/mol. The van der Waals surface area contributed by atoms with Crippen LogP contribution in [0.25, 0.3) is 0 Å². The van der Waals surface area contributed by atoms with Gasteiger partial charge in [-0.05, 0) is 73.5 Å². The fraction of sp³-hybridized carbons (Fsp3) is 0.909. The molecule has 3 aliphatic carbocycles. The maximum atomic E-state index is 2.64. The Kier molecular flexibility index (Phi) is 5.05. The minimum absolute atomic E-state index is 0.574. The van der Waals surface area contributed by atoms with Crippen molar-refractivity contribution in [1.82, 2.24) is 0 Å². The Hall–Kier alpha value is -0.260. The summed E-state index contributed by atoms with van der Waals surface area (Å²) in [5.41, 5.74) is 2.38. The van der Waals surface area contributed by atoms with Crippen molar-refractivity contribution in [3.8, 4) is 0 Å². The molecule has 0 nitrogen and oxygen atoms in total. The number of rotatable bonds is 5. The topological polar surface area (TPSA) is 0 Å². The molecule has 0 amide bonds. The van der Waals surface area contributed by atoms with Gasteiger partial charge in [0.1, 0.15) is 0 Å². The lowest BCUT2D eigenvalue weighted by Crippen LogP contribution is -2.46. The van der Waals surface area contributed by atoms with Gasteiger partial charge in [-0.15, -0.1) is 0 Å². The van der Waals surface area contributed by atoms with Crippen LogP contribution in [0.5, 0.6) is 0 Å². The second kappa shape index (κ2) is 6.70. The zero-order valence-corrected chi connectivity index (χ0v) is 15.5. The molecule has 2 fully saturated rings. The van der Waals surface area contributed by atoms with Crippen molar-refractivity contribution in [2.75, 3.05) is 0 Å². The van der Waals surface area contributed by atoms with Crippen LogP contribution in [-0.2, 0) is 0 Å². The zero-order chi connectivity index (χ0) is 15.7. The van der Waals surface area contributed by atoms with Gasteiger partial charge in [0.25, 0.3) is 0 Å². The highest BCUT2D eigenvalue weighted by Gasteiger charge is 2.53. The second-order valence-corrected chi connectivity index (χ2v) is 8.76. The maximum Gasteiger partial charge on any atom is -0.00825 e. The molecule has 126 valence electrons. The smallest absolute Gasteiger partial charge is 0.00825 e. The van der Waals surface area contributed by atoms with E-state index in [0.29, 0.717) is 5.41 Å². The molecule has 0 saturated heterocycles. The van der Waals surface area contributed by atoms with Gasteiger partial charge in [-0.25, -0.2) is 0 Å². The molecule has 0 bridgehead atoms. The van der Waals surface area contributed by atoms with Crippen molar-refractivity contribution in [2.24, 2.45) is 35.0 Å². The molecule has 0 radical (unpaired) electrons. The van der Waals surface area contributed by atoms with Crippen molar-refractivity contribution in [3.63, 3.8) is 0 Å². The molecule has 0 heterocycles. The van der Waals surface area contributed by atoms with E-state index in [0.717, 1.165) is 29.6 Å². The van der Waals surface area contributed by atoms with Gasteiger partial charge < -0.3 is 0 Å². The highest BCUT2D eigenvalue weighted by Crippen LogP contribution is 2.62. The lowest BCUT2D eigenvalue weighted by atomic mass is 9.50. The van der Waals surface area contributed by atoms with Gasteiger partial charge in [0.05, 0.1) is 0 Å². The molecule has 0 N–H and O–H groups in total. The molecule has 0 spiro atoms. The van der Waals surface area contributed by atoms with E-state index in [2.05, 4.69) is 33.8 Å². The lowest BCUT2D eigenvalue weighted by molar-refractivity contribution is -0.0336. The molecule has 0 aromatic carbocycles. The molecule has 6 atom stereocenters. The first kappa shape index (κ1) is 16.6. The van der Waals surface area contributed by atoms with Gasteiger partial charge in [0, 0.05) is 0 Å². The Morgan fingerprint density at radius 2 is 1.91 bits per heavy atom. The normalized spacial score (nSPS) is 44.4. The number of unbranched alkanes of at least 4 members (excludes halogenated alkanes) is 1. The summed E-state index contributed by atoms with van der Waals surface area (Å²) in [7, 11) is 0. The molecule has 0 heteroatoms. The van der Waals surface area contributed by atoms with Gasteiger partial charge in [0.15, 0.2) is 0 Å². The lowest BCUT2D eigenvalue weighted by Gasteiger charge is -2.54. The Bertz CT molecular complexity index is 406. The Morgan fingerprint density at radius 3 is 2.59 bits per heavy atom. The molecule has 3 aliphatic rings. The van der Waals surface area contributed by atoms with Crippen molar-refractivity contribution in [3.05, 3.63) is 11.6 Å². The van der Waals surface area contributed by atoms with Crippen LogP contribution in [0.15, 0.2) is 11.6 Å². The quantitative estimate of drug-likeness (QED) is 0.479. The number of hydrogen-bond acceptors (Lipinski definition) is 0. The van der Waals surface area contributed by atoms with Gasteiger partial charge in [0.2, 0.25) is 0 Å². The Balaban J connectivity index is 1.75. The summed E-state index contributed by atoms with van der Waals surface area (Å²) in [5.74, 6) is 5.18. The van der Waals surface area contributed by atoms with E-state index in [1.54, 1.807) is 12.0 Å². The first-order valence-corrected chi connectivity index (χ1v) is 10.3. The van der Waals surface area contributed by atoms with Crippen molar-refractivity contribution in [1.29, 1.82) is 0 Å². The van der Waals surface area contributed by atoms with Crippen LogP contribution in [0, 0.1) is 35.0 Å². The second-order valence-electron chi connectivity index (χ2n) is 8.76. The number of fused-ring (bicyclic) bond motifs is 3. The zero-order valence-electron chi connectivity index (χ0n) is 15.5. The number of allylic oxidation sites excluding steroid dienone is 2. The molecule has 0 aromatic rings. The minimum atomic E-state index is 0.574. The van der Waals surface area contributed by atoms with E-state index in [-0.39, 0.29) is 0 Å². The Morgan fingerprint density at radius 1 is 1.09 bits per heavy atom. The fourth-order valence-corrected chi connectivity index (χ4v) is 6.90. The van der Waals surface area contributed by atoms with Gasteiger partial charge in [-0.1, -0.05) is 65.0 Å². The van der Waals surface area contributed by atoms with Gasteiger partial charge in [-0.3, -0.25) is 0 Å². The van der Waals surface area contributed by atoms with Crippen molar-refractivity contribution < 1.29 is 0 Å². The van der Waals surface area contributed by atoms with Crippen molar-refractivity contribution in [2.45, 2.75) is 91.9 Å². The van der Waals surface area contributed by atoms with Crippen LogP contribution in [0.2, 0.25) is 0 Å². The minimum Gasteiger partial charge on any atom is -0.0845 e. The molecule has 0 aromatic heterocycles. The predicted molar refractivity (Wildman–Crippen MR) is 96.8 cm³/mol.